The van der Waals surface area contributed by atoms with Crippen LogP contribution in [0.15, 0.2) is 48.5 Å². The van der Waals surface area contributed by atoms with Gasteiger partial charge in [-0.1, -0.05) is 47.5 Å². The predicted octanol–water partition coefficient (Wildman–Crippen LogP) is 6.74. The molecular weight excluding hydrogens is 335 g/mol. The molecule has 2 aromatic rings. The second kappa shape index (κ2) is 5.51. The third-order valence-electron chi connectivity index (χ3n) is 7.03. The van der Waals surface area contributed by atoms with Crippen molar-refractivity contribution in [3.05, 3.63) is 69.7 Å². The van der Waals surface area contributed by atoms with Crippen LogP contribution in [0, 0.1) is 23.7 Å². The Balaban J connectivity index is 1.75. The van der Waals surface area contributed by atoms with Crippen molar-refractivity contribution in [2.45, 2.75) is 37.5 Å². The third-order valence-corrected chi connectivity index (χ3v) is 7.50. The van der Waals surface area contributed by atoms with Gasteiger partial charge in [0, 0.05) is 15.5 Å². The molecule has 0 unspecified atom stereocenters. The first kappa shape index (κ1) is 15.3. The average Bonchev–Trinajstić information content (AvgIpc) is 2.54. The molecule has 0 atom stereocenters. The lowest BCUT2D eigenvalue weighted by molar-refractivity contribution is -0.0418. The molecule has 6 rings (SSSR count). The molecule has 4 aliphatic rings. The van der Waals surface area contributed by atoms with Crippen molar-refractivity contribution in [2.24, 2.45) is 23.7 Å². The summed E-state index contributed by atoms with van der Waals surface area (Å²) in [5.74, 6) is 3.34. The Morgan fingerprint density at radius 3 is 1.54 bits per heavy atom. The molecule has 0 saturated heterocycles. The molecule has 124 valence electrons. The lowest BCUT2D eigenvalue weighted by Gasteiger charge is -2.62. The third kappa shape index (κ3) is 2.12. The summed E-state index contributed by atoms with van der Waals surface area (Å²) in [4.78, 5) is 0. The van der Waals surface area contributed by atoms with E-state index in [0.29, 0.717) is 0 Å². The van der Waals surface area contributed by atoms with Gasteiger partial charge in [-0.05, 0) is 91.2 Å². The van der Waals surface area contributed by atoms with Crippen molar-refractivity contribution in [2.75, 3.05) is 0 Å². The largest absolute Gasteiger partial charge is 0.0843 e. The molecule has 24 heavy (non-hydrogen) atoms. The van der Waals surface area contributed by atoms with E-state index in [2.05, 4.69) is 36.4 Å². The highest BCUT2D eigenvalue weighted by Gasteiger charge is 2.58. The minimum atomic E-state index is 0.100. The standard InChI is InChI=1S/C22H22Cl2/c23-20-5-1-3-16(12-20)22(17-4-2-6-21(24)13-17)18-8-14-7-15(10-18)11-19(22)9-14/h1-6,12-15,18-19H,7-11H2. The van der Waals surface area contributed by atoms with Gasteiger partial charge in [0.25, 0.3) is 0 Å². The van der Waals surface area contributed by atoms with Crippen LogP contribution in [-0.2, 0) is 5.41 Å². The Hall–Kier alpha value is -0.980. The minimum absolute atomic E-state index is 0.100. The van der Waals surface area contributed by atoms with Crippen molar-refractivity contribution in [3.63, 3.8) is 0 Å². The maximum atomic E-state index is 6.41. The summed E-state index contributed by atoms with van der Waals surface area (Å²) in [6.07, 6.45) is 6.93. The van der Waals surface area contributed by atoms with E-state index in [0.717, 1.165) is 33.7 Å². The van der Waals surface area contributed by atoms with Gasteiger partial charge in [0.1, 0.15) is 0 Å². The van der Waals surface area contributed by atoms with Crippen LogP contribution in [0.3, 0.4) is 0 Å². The number of rotatable bonds is 2. The number of benzene rings is 2. The lowest BCUT2D eigenvalue weighted by Crippen LogP contribution is -2.56. The summed E-state index contributed by atoms with van der Waals surface area (Å²) in [5.41, 5.74) is 2.92. The first-order valence-corrected chi connectivity index (χ1v) is 9.94. The van der Waals surface area contributed by atoms with Crippen LogP contribution in [0.5, 0.6) is 0 Å². The molecule has 0 spiro atoms. The Morgan fingerprint density at radius 2 is 1.12 bits per heavy atom. The summed E-state index contributed by atoms with van der Waals surface area (Å²) in [5, 5.41) is 1.70. The van der Waals surface area contributed by atoms with E-state index < -0.39 is 0 Å². The Morgan fingerprint density at radius 1 is 0.667 bits per heavy atom. The number of halogens is 2. The fraction of sp³-hybridized carbons (Fsp3) is 0.455. The summed E-state index contributed by atoms with van der Waals surface area (Å²) in [6.45, 7) is 0. The molecule has 0 nitrogen and oxygen atoms in total. The fourth-order valence-electron chi connectivity index (χ4n) is 6.53. The van der Waals surface area contributed by atoms with Gasteiger partial charge >= 0.3 is 0 Å². The van der Waals surface area contributed by atoms with E-state index in [1.165, 1.54) is 43.2 Å². The summed E-state index contributed by atoms with van der Waals surface area (Å²) in [7, 11) is 0. The van der Waals surface area contributed by atoms with Gasteiger partial charge in [0.05, 0.1) is 0 Å². The van der Waals surface area contributed by atoms with Gasteiger partial charge in [-0.25, -0.2) is 0 Å². The molecular formula is C22H22Cl2. The van der Waals surface area contributed by atoms with Gasteiger partial charge in [-0.2, -0.15) is 0 Å². The molecule has 0 radical (unpaired) electrons. The van der Waals surface area contributed by atoms with Crippen LogP contribution in [0.1, 0.15) is 43.2 Å². The van der Waals surface area contributed by atoms with Crippen LogP contribution in [0.25, 0.3) is 0 Å². The van der Waals surface area contributed by atoms with E-state index in [1.807, 2.05) is 12.1 Å². The summed E-state index contributed by atoms with van der Waals surface area (Å²) in [6, 6.07) is 17.3. The smallest absolute Gasteiger partial charge is 0.0409 e. The monoisotopic (exact) mass is 356 g/mol. The fourth-order valence-corrected chi connectivity index (χ4v) is 6.91. The molecule has 4 aliphatic carbocycles. The summed E-state index contributed by atoms with van der Waals surface area (Å²) < 4.78 is 0. The van der Waals surface area contributed by atoms with Gasteiger partial charge in [-0.15, -0.1) is 0 Å². The zero-order valence-electron chi connectivity index (χ0n) is 13.7. The van der Waals surface area contributed by atoms with Crippen molar-refractivity contribution in [1.82, 2.24) is 0 Å². The van der Waals surface area contributed by atoms with Gasteiger partial charge in [0.2, 0.25) is 0 Å². The molecule has 0 N–H and O–H groups in total. The average molecular weight is 357 g/mol. The van der Waals surface area contributed by atoms with Crippen LogP contribution in [0.4, 0.5) is 0 Å². The van der Waals surface area contributed by atoms with Gasteiger partial charge in [-0.3, -0.25) is 0 Å². The SMILES string of the molecule is Clc1cccc(C2(c3cccc(Cl)c3)C3CC4CC(C3)CC2C4)c1. The molecule has 2 aromatic carbocycles. The van der Waals surface area contributed by atoms with E-state index in [4.69, 9.17) is 23.2 Å². The first-order valence-electron chi connectivity index (χ1n) is 9.18. The Kier molecular flexibility index (Phi) is 3.51. The highest BCUT2D eigenvalue weighted by molar-refractivity contribution is 6.31. The Labute approximate surface area is 154 Å². The zero-order chi connectivity index (χ0) is 16.3. The molecule has 4 fully saturated rings. The van der Waals surface area contributed by atoms with Gasteiger partial charge < -0.3 is 0 Å². The highest BCUT2D eigenvalue weighted by Crippen LogP contribution is 2.65. The van der Waals surface area contributed by atoms with Crippen molar-refractivity contribution in [1.29, 1.82) is 0 Å². The maximum absolute atomic E-state index is 6.41. The first-order chi connectivity index (χ1) is 11.7. The predicted molar refractivity (Wildman–Crippen MR) is 101 cm³/mol. The Bertz CT molecular complexity index is 704. The molecule has 0 amide bonds. The summed E-state index contributed by atoms with van der Waals surface area (Å²) >= 11 is 12.8. The molecule has 0 aliphatic heterocycles. The van der Waals surface area contributed by atoms with Crippen molar-refractivity contribution >= 4 is 23.2 Å². The van der Waals surface area contributed by atoms with Crippen LogP contribution < -0.4 is 0 Å². The maximum Gasteiger partial charge on any atom is 0.0409 e. The van der Waals surface area contributed by atoms with E-state index in [-0.39, 0.29) is 5.41 Å². The van der Waals surface area contributed by atoms with E-state index in [9.17, 15) is 0 Å². The molecule has 2 heteroatoms. The molecule has 0 aromatic heterocycles. The van der Waals surface area contributed by atoms with Crippen LogP contribution in [0.2, 0.25) is 10.0 Å². The molecule has 4 saturated carbocycles. The quantitative estimate of drug-likeness (QED) is 0.559. The molecule has 0 heterocycles. The van der Waals surface area contributed by atoms with Crippen LogP contribution >= 0.6 is 23.2 Å². The van der Waals surface area contributed by atoms with Gasteiger partial charge in [0.15, 0.2) is 0 Å². The normalized spacial score (nSPS) is 32.9. The lowest BCUT2D eigenvalue weighted by atomic mass is 9.42. The van der Waals surface area contributed by atoms with E-state index in [1.54, 1.807) is 0 Å². The van der Waals surface area contributed by atoms with Crippen LogP contribution in [-0.4, -0.2) is 0 Å². The number of hydrogen-bond donors (Lipinski definition) is 0. The second-order valence-corrected chi connectivity index (χ2v) is 9.07. The van der Waals surface area contributed by atoms with Crippen molar-refractivity contribution in [3.8, 4) is 0 Å². The highest BCUT2D eigenvalue weighted by atomic mass is 35.5. The van der Waals surface area contributed by atoms with E-state index >= 15 is 0 Å². The number of hydrogen-bond acceptors (Lipinski definition) is 0. The second-order valence-electron chi connectivity index (χ2n) is 8.19. The minimum Gasteiger partial charge on any atom is -0.0843 e. The molecule has 4 bridgehead atoms. The zero-order valence-corrected chi connectivity index (χ0v) is 15.2. The topological polar surface area (TPSA) is 0 Å². The van der Waals surface area contributed by atoms with Crippen molar-refractivity contribution < 1.29 is 0 Å².